The molecule has 3 aromatic rings. The number of benzene rings is 2. The maximum Gasteiger partial charge on any atom is 0.270 e. The molecule has 1 saturated heterocycles. The molecule has 0 bridgehead atoms. The molecule has 9 heteroatoms. The second-order valence-corrected chi connectivity index (χ2v) is 11.2. The van der Waals surface area contributed by atoms with Gasteiger partial charge in [0.05, 0.1) is 19.1 Å². The average molecular weight is 530 g/mol. The predicted molar refractivity (Wildman–Crippen MR) is 149 cm³/mol. The van der Waals surface area contributed by atoms with Gasteiger partial charge in [0.25, 0.3) is 5.91 Å². The van der Waals surface area contributed by atoms with E-state index >= 15 is 0 Å². The smallest absolute Gasteiger partial charge is 0.270 e. The molecule has 39 heavy (non-hydrogen) atoms. The average Bonchev–Trinajstić information content (AvgIpc) is 3.55. The molecular weight excluding hydrogens is 494 g/mol. The molecule has 3 atom stereocenters. The summed E-state index contributed by atoms with van der Waals surface area (Å²) in [5.74, 6) is -0.809. The molecule has 2 aromatic carbocycles. The number of anilines is 1. The molecule has 1 aliphatic heterocycles. The van der Waals surface area contributed by atoms with Crippen LogP contribution in [0.1, 0.15) is 44.1 Å². The van der Waals surface area contributed by atoms with Crippen LogP contribution in [-0.4, -0.2) is 65.3 Å². The number of hydrogen-bond acceptors (Lipinski definition) is 5. The Kier molecular flexibility index (Phi) is 7.95. The first-order valence-corrected chi connectivity index (χ1v) is 13.0. The van der Waals surface area contributed by atoms with Gasteiger partial charge in [-0.2, -0.15) is 5.26 Å². The molecule has 3 unspecified atom stereocenters. The van der Waals surface area contributed by atoms with Crippen LogP contribution in [0.3, 0.4) is 0 Å². The number of nitriles is 1. The van der Waals surface area contributed by atoms with Crippen molar-refractivity contribution >= 4 is 34.3 Å². The summed E-state index contributed by atoms with van der Waals surface area (Å²) < 4.78 is 5.42. The van der Waals surface area contributed by atoms with E-state index in [2.05, 4.69) is 16.4 Å². The van der Waals surface area contributed by atoms with Crippen molar-refractivity contribution in [2.45, 2.75) is 45.7 Å². The summed E-state index contributed by atoms with van der Waals surface area (Å²) in [6.07, 6.45) is 0.621. The van der Waals surface area contributed by atoms with Crippen molar-refractivity contribution in [3.05, 3.63) is 60.3 Å². The summed E-state index contributed by atoms with van der Waals surface area (Å²) in [5.41, 5.74) is 1.46. The first kappa shape index (κ1) is 27.7. The lowest BCUT2D eigenvalue weighted by molar-refractivity contribution is -0.137. The van der Waals surface area contributed by atoms with Crippen molar-refractivity contribution in [3.8, 4) is 11.8 Å². The molecule has 9 nitrogen and oxygen atoms in total. The third kappa shape index (κ3) is 6.06. The Balaban J connectivity index is 1.57. The lowest BCUT2D eigenvalue weighted by Gasteiger charge is -2.35. The van der Waals surface area contributed by atoms with Crippen molar-refractivity contribution < 1.29 is 19.1 Å². The molecular formula is C30H35N5O4. The fourth-order valence-electron chi connectivity index (χ4n) is 5.07. The topological polar surface area (TPSA) is 119 Å². The first-order chi connectivity index (χ1) is 18.5. The van der Waals surface area contributed by atoms with E-state index in [1.165, 1.54) is 9.80 Å². The van der Waals surface area contributed by atoms with E-state index in [-0.39, 0.29) is 36.1 Å². The third-order valence-corrected chi connectivity index (χ3v) is 7.10. The highest BCUT2D eigenvalue weighted by molar-refractivity contribution is 6.01. The number of nitrogens with zero attached hydrogens (tertiary/aromatic N) is 3. The fraction of sp³-hybridized carbons (Fsp3) is 0.400. The van der Waals surface area contributed by atoms with E-state index in [0.717, 1.165) is 10.9 Å². The zero-order valence-corrected chi connectivity index (χ0v) is 23.0. The van der Waals surface area contributed by atoms with Gasteiger partial charge in [0.2, 0.25) is 11.8 Å². The monoisotopic (exact) mass is 529 g/mol. The number of aromatic amines is 1. The number of rotatable bonds is 7. The summed E-state index contributed by atoms with van der Waals surface area (Å²) >= 11 is 0. The van der Waals surface area contributed by atoms with E-state index < -0.39 is 18.0 Å². The van der Waals surface area contributed by atoms with E-state index in [4.69, 9.17) is 4.74 Å². The van der Waals surface area contributed by atoms with E-state index in [1.54, 1.807) is 32.4 Å². The number of ether oxygens (including phenoxy) is 1. The lowest BCUT2D eigenvalue weighted by Crippen LogP contribution is -2.52. The highest BCUT2D eigenvalue weighted by Gasteiger charge is 2.43. The van der Waals surface area contributed by atoms with Crippen LogP contribution < -0.4 is 10.1 Å². The number of hydrogen-bond donors (Lipinski definition) is 2. The molecule has 0 spiro atoms. The SMILES string of the molecule is COc1cccc2[nH]c(C(=O)N(C)C(CC(C)(C)C)C(=O)N3CC(C(=O)Nc4ccccc4)CC3C#N)cc12. The van der Waals surface area contributed by atoms with Crippen LogP contribution in [0.25, 0.3) is 10.9 Å². The van der Waals surface area contributed by atoms with Crippen LogP contribution >= 0.6 is 0 Å². The number of likely N-dealkylation sites (N-methyl/N-ethyl adjacent to an activating group) is 1. The van der Waals surface area contributed by atoms with E-state index in [0.29, 0.717) is 23.6 Å². The van der Waals surface area contributed by atoms with Gasteiger partial charge in [-0.05, 0) is 48.6 Å². The van der Waals surface area contributed by atoms with Gasteiger partial charge < -0.3 is 24.8 Å². The number of amides is 3. The minimum atomic E-state index is -0.822. The Morgan fingerprint density at radius 2 is 1.90 bits per heavy atom. The largest absolute Gasteiger partial charge is 0.496 e. The summed E-state index contributed by atoms with van der Waals surface area (Å²) in [7, 11) is 3.18. The van der Waals surface area contributed by atoms with Gasteiger partial charge in [0.15, 0.2) is 0 Å². The van der Waals surface area contributed by atoms with E-state index in [1.807, 2.05) is 57.2 Å². The van der Waals surface area contributed by atoms with Crippen LogP contribution in [0, 0.1) is 22.7 Å². The van der Waals surface area contributed by atoms with Gasteiger partial charge in [-0.3, -0.25) is 14.4 Å². The van der Waals surface area contributed by atoms with Crippen molar-refractivity contribution in [2.24, 2.45) is 11.3 Å². The zero-order chi connectivity index (χ0) is 28.3. The normalized spacial score (nSPS) is 17.9. The van der Waals surface area contributed by atoms with Crippen LogP contribution in [0.5, 0.6) is 5.75 Å². The quantitative estimate of drug-likeness (QED) is 0.469. The van der Waals surface area contributed by atoms with Gasteiger partial charge in [-0.1, -0.05) is 45.0 Å². The van der Waals surface area contributed by atoms with Crippen molar-refractivity contribution in [1.82, 2.24) is 14.8 Å². The van der Waals surface area contributed by atoms with Crippen LogP contribution in [-0.2, 0) is 9.59 Å². The van der Waals surface area contributed by atoms with Gasteiger partial charge in [0.1, 0.15) is 23.5 Å². The zero-order valence-electron chi connectivity index (χ0n) is 23.0. The number of carbonyl (C=O) groups excluding carboxylic acids is 3. The molecule has 1 fully saturated rings. The summed E-state index contributed by atoms with van der Waals surface area (Å²) in [6, 6.07) is 16.9. The van der Waals surface area contributed by atoms with Crippen LogP contribution in [0.15, 0.2) is 54.6 Å². The molecule has 4 rings (SSSR count). The molecule has 2 N–H and O–H groups in total. The number of likely N-dealkylation sites (tertiary alicyclic amines) is 1. The Hall–Kier alpha value is -4.32. The summed E-state index contributed by atoms with van der Waals surface area (Å²) in [6.45, 7) is 6.12. The maximum absolute atomic E-state index is 14.0. The number of aromatic nitrogens is 1. The van der Waals surface area contributed by atoms with Crippen molar-refractivity contribution in [3.63, 3.8) is 0 Å². The molecule has 0 aliphatic carbocycles. The van der Waals surface area contributed by atoms with Crippen molar-refractivity contribution in [1.29, 1.82) is 5.26 Å². The highest BCUT2D eigenvalue weighted by Crippen LogP contribution is 2.31. The van der Waals surface area contributed by atoms with Gasteiger partial charge >= 0.3 is 0 Å². The number of methoxy groups -OCH3 is 1. The Labute approximate surface area is 228 Å². The fourth-order valence-corrected chi connectivity index (χ4v) is 5.07. The Morgan fingerprint density at radius 3 is 2.54 bits per heavy atom. The number of carbonyl (C=O) groups is 3. The number of nitrogens with one attached hydrogen (secondary N) is 2. The Morgan fingerprint density at radius 1 is 1.18 bits per heavy atom. The molecule has 3 amide bonds. The standard InChI is InChI=1S/C30H35N5O4/c1-30(2,3)16-25(34(4)28(37)24-15-22-23(33-24)12-9-13-26(22)39-5)29(38)35-18-19(14-21(35)17-31)27(36)32-20-10-7-6-8-11-20/h6-13,15,19,21,25,33H,14,16,18H2,1-5H3,(H,32,36). The molecule has 0 saturated carbocycles. The highest BCUT2D eigenvalue weighted by atomic mass is 16.5. The first-order valence-electron chi connectivity index (χ1n) is 13.0. The van der Waals surface area contributed by atoms with Crippen molar-refractivity contribution in [2.75, 3.05) is 26.0 Å². The predicted octanol–water partition coefficient (Wildman–Crippen LogP) is 4.43. The molecule has 1 aliphatic rings. The lowest BCUT2D eigenvalue weighted by atomic mass is 9.87. The second-order valence-electron chi connectivity index (χ2n) is 11.2. The van der Waals surface area contributed by atoms with Crippen LogP contribution in [0.4, 0.5) is 5.69 Å². The number of fused-ring (bicyclic) bond motifs is 1. The van der Waals surface area contributed by atoms with Gasteiger partial charge in [-0.25, -0.2) is 0 Å². The molecule has 0 radical (unpaired) electrons. The summed E-state index contributed by atoms with van der Waals surface area (Å²) in [4.78, 5) is 46.6. The number of para-hydroxylation sites is 1. The van der Waals surface area contributed by atoms with E-state index in [9.17, 15) is 19.6 Å². The maximum atomic E-state index is 14.0. The molecule has 1 aromatic heterocycles. The minimum absolute atomic E-state index is 0.113. The van der Waals surface area contributed by atoms with Gasteiger partial charge in [-0.15, -0.1) is 0 Å². The minimum Gasteiger partial charge on any atom is -0.496 e. The van der Waals surface area contributed by atoms with Gasteiger partial charge in [0, 0.05) is 30.2 Å². The second kappa shape index (κ2) is 11.2. The summed E-state index contributed by atoms with van der Waals surface area (Å²) in [5, 5.41) is 13.5. The Bertz CT molecular complexity index is 1400. The number of H-pyrrole nitrogens is 1. The van der Waals surface area contributed by atoms with Crippen LogP contribution in [0.2, 0.25) is 0 Å². The molecule has 2 heterocycles. The third-order valence-electron chi connectivity index (χ3n) is 7.10. The molecule has 204 valence electrons.